The van der Waals surface area contributed by atoms with Crippen LogP contribution in [0, 0.1) is 0 Å². The van der Waals surface area contributed by atoms with Gasteiger partial charge in [-0.1, -0.05) is 51.2 Å². The first kappa shape index (κ1) is 16.6. The lowest BCUT2D eigenvalue weighted by atomic mass is 10.1. The zero-order valence-electron chi connectivity index (χ0n) is 13.1. The Hall–Kier alpha value is -1.81. The first-order chi connectivity index (χ1) is 10.7. The third kappa shape index (κ3) is 4.88. The van der Waals surface area contributed by atoms with Crippen molar-refractivity contribution in [2.45, 2.75) is 51.7 Å². The molecule has 120 valence electrons. The topological polar surface area (TPSA) is 55.8 Å². The number of carbonyl (C=O) groups excluding carboxylic acids is 1. The maximum Gasteiger partial charge on any atom is 0.333 e. The van der Waals surface area contributed by atoms with E-state index in [-0.39, 0.29) is 0 Å². The number of hydrogen-bond donors (Lipinski definition) is 1. The Kier molecular flexibility index (Phi) is 6.46. The summed E-state index contributed by atoms with van der Waals surface area (Å²) in [5, 5.41) is 9.60. The van der Waals surface area contributed by atoms with Crippen LogP contribution in [0.15, 0.2) is 30.3 Å². The van der Waals surface area contributed by atoms with Crippen LogP contribution in [0.4, 0.5) is 0 Å². The molecule has 0 aromatic heterocycles. The maximum atomic E-state index is 11.1. The molecule has 1 aromatic carbocycles. The summed E-state index contributed by atoms with van der Waals surface area (Å²) in [5.41, 5.74) is 1.26. The molecule has 1 unspecified atom stereocenters. The van der Waals surface area contributed by atoms with E-state index in [2.05, 4.69) is 11.7 Å². The number of benzene rings is 1. The van der Waals surface area contributed by atoms with Crippen LogP contribution in [-0.2, 0) is 9.53 Å². The number of aliphatic hydroxyl groups excluding tert-OH is 1. The van der Waals surface area contributed by atoms with Gasteiger partial charge in [0.1, 0.15) is 5.75 Å². The van der Waals surface area contributed by atoms with Crippen molar-refractivity contribution >= 4 is 11.5 Å². The third-order valence-electron chi connectivity index (χ3n) is 3.72. The molecule has 22 heavy (non-hydrogen) atoms. The number of aliphatic hydroxyl groups is 1. The lowest BCUT2D eigenvalue weighted by Gasteiger charge is -2.09. The second kappa shape index (κ2) is 8.59. The summed E-state index contributed by atoms with van der Waals surface area (Å²) in [4.78, 5) is 11.1. The molecule has 0 bridgehead atoms. The largest absolute Gasteiger partial charge is 0.494 e. The van der Waals surface area contributed by atoms with E-state index in [1.807, 2.05) is 24.3 Å². The lowest BCUT2D eigenvalue weighted by molar-refractivity contribution is -0.149. The van der Waals surface area contributed by atoms with Crippen molar-refractivity contribution < 1.29 is 19.4 Å². The number of carbonyl (C=O) groups is 1. The van der Waals surface area contributed by atoms with Gasteiger partial charge in [0.2, 0.25) is 6.29 Å². The minimum absolute atomic E-state index is 0.493. The summed E-state index contributed by atoms with van der Waals surface area (Å²) in [6.45, 7) is 2.94. The van der Waals surface area contributed by atoms with E-state index in [9.17, 15) is 9.90 Å². The summed E-state index contributed by atoms with van der Waals surface area (Å²) < 4.78 is 10.4. The van der Waals surface area contributed by atoms with Crippen LogP contribution in [0.2, 0.25) is 0 Å². The van der Waals surface area contributed by atoms with Gasteiger partial charge in [-0.2, -0.15) is 0 Å². The van der Waals surface area contributed by atoms with E-state index in [4.69, 9.17) is 4.74 Å². The van der Waals surface area contributed by atoms with Gasteiger partial charge >= 0.3 is 5.97 Å². The summed E-state index contributed by atoms with van der Waals surface area (Å²) in [6, 6.07) is 7.35. The normalized spacial score (nSPS) is 17.3. The van der Waals surface area contributed by atoms with Crippen LogP contribution >= 0.6 is 0 Å². The second-order valence-electron chi connectivity index (χ2n) is 5.53. The fourth-order valence-electron chi connectivity index (χ4n) is 2.45. The first-order valence-electron chi connectivity index (χ1n) is 8.04. The highest BCUT2D eigenvalue weighted by Gasteiger charge is 2.24. The van der Waals surface area contributed by atoms with Gasteiger partial charge in [-0.15, -0.1) is 0 Å². The molecule has 4 nitrogen and oxygen atoms in total. The second-order valence-corrected chi connectivity index (χ2v) is 5.53. The summed E-state index contributed by atoms with van der Waals surface area (Å²) >= 11 is 0. The fourth-order valence-corrected chi connectivity index (χ4v) is 2.45. The zero-order valence-corrected chi connectivity index (χ0v) is 13.1. The van der Waals surface area contributed by atoms with Gasteiger partial charge in [-0.25, -0.2) is 4.79 Å². The molecule has 0 saturated carbocycles. The number of hydrogen-bond acceptors (Lipinski definition) is 4. The molecule has 0 fully saturated rings. The van der Waals surface area contributed by atoms with Gasteiger partial charge in [-0.3, -0.25) is 0 Å². The molecular weight excluding hydrogens is 280 g/mol. The van der Waals surface area contributed by atoms with E-state index in [0.717, 1.165) is 24.3 Å². The number of esters is 1. The molecule has 0 aliphatic carbocycles. The Labute approximate surface area is 131 Å². The smallest absolute Gasteiger partial charge is 0.333 e. The van der Waals surface area contributed by atoms with E-state index < -0.39 is 12.3 Å². The molecule has 0 spiro atoms. The molecule has 1 aliphatic rings. The van der Waals surface area contributed by atoms with Crippen LogP contribution in [0.1, 0.15) is 51.0 Å². The van der Waals surface area contributed by atoms with Crippen molar-refractivity contribution in [1.29, 1.82) is 0 Å². The van der Waals surface area contributed by atoms with Crippen molar-refractivity contribution in [3.05, 3.63) is 35.9 Å². The van der Waals surface area contributed by atoms with Gasteiger partial charge in [0, 0.05) is 11.6 Å². The highest BCUT2D eigenvalue weighted by atomic mass is 16.6. The van der Waals surface area contributed by atoms with Crippen LogP contribution in [0.3, 0.4) is 0 Å². The summed E-state index contributed by atoms with van der Waals surface area (Å²) in [5.74, 6) is 0.295. The quantitative estimate of drug-likeness (QED) is 0.558. The van der Waals surface area contributed by atoms with Gasteiger partial charge in [0.25, 0.3) is 0 Å². The van der Waals surface area contributed by atoms with Crippen molar-refractivity contribution in [2.75, 3.05) is 6.61 Å². The molecule has 0 radical (unpaired) electrons. The molecule has 0 amide bonds. The molecule has 0 saturated heterocycles. The van der Waals surface area contributed by atoms with E-state index in [1.54, 1.807) is 0 Å². The first-order valence-corrected chi connectivity index (χ1v) is 8.04. The van der Waals surface area contributed by atoms with Crippen LogP contribution in [-0.4, -0.2) is 24.0 Å². The SMILES string of the molecule is CCCCCCCCOc1ccc(C2=CC(=O)OC2O)cc1. The van der Waals surface area contributed by atoms with Crippen LogP contribution in [0.25, 0.3) is 5.57 Å². The molecule has 1 aliphatic heterocycles. The molecule has 1 N–H and O–H groups in total. The van der Waals surface area contributed by atoms with Crippen molar-refractivity contribution in [2.24, 2.45) is 0 Å². The van der Waals surface area contributed by atoms with Gasteiger partial charge in [0.05, 0.1) is 6.61 Å². The monoisotopic (exact) mass is 304 g/mol. The number of rotatable bonds is 9. The molecule has 2 rings (SSSR count). The van der Waals surface area contributed by atoms with Gasteiger partial charge in [-0.05, 0) is 24.1 Å². The molecule has 4 heteroatoms. The molecular formula is C18H24O4. The minimum atomic E-state index is -1.16. The van der Waals surface area contributed by atoms with Crippen molar-refractivity contribution in [3.63, 3.8) is 0 Å². The van der Waals surface area contributed by atoms with Gasteiger partial charge in [0.15, 0.2) is 0 Å². The van der Waals surface area contributed by atoms with Gasteiger partial charge < -0.3 is 14.6 Å². The lowest BCUT2D eigenvalue weighted by Crippen LogP contribution is -2.09. The summed E-state index contributed by atoms with van der Waals surface area (Å²) in [7, 11) is 0. The van der Waals surface area contributed by atoms with Crippen LogP contribution in [0.5, 0.6) is 5.75 Å². The Bertz CT molecular complexity index is 504. The maximum absolute atomic E-state index is 11.1. The predicted molar refractivity (Wildman–Crippen MR) is 85.4 cm³/mol. The Balaban J connectivity index is 1.73. The van der Waals surface area contributed by atoms with Crippen LogP contribution < -0.4 is 4.74 Å². The van der Waals surface area contributed by atoms with E-state index >= 15 is 0 Å². The number of ether oxygens (including phenoxy) is 2. The summed E-state index contributed by atoms with van der Waals surface area (Å²) in [6.07, 6.45) is 7.59. The average Bonchev–Trinajstić information content (AvgIpc) is 2.86. The minimum Gasteiger partial charge on any atom is -0.494 e. The number of cyclic esters (lactones) is 1. The third-order valence-corrected chi connectivity index (χ3v) is 3.72. The Morgan fingerprint density at radius 2 is 1.77 bits per heavy atom. The Morgan fingerprint density at radius 3 is 2.41 bits per heavy atom. The number of unbranched alkanes of at least 4 members (excludes halogenated alkanes) is 5. The molecule has 1 heterocycles. The van der Waals surface area contributed by atoms with E-state index in [0.29, 0.717) is 5.57 Å². The van der Waals surface area contributed by atoms with E-state index in [1.165, 1.54) is 38.2 Å². The zero-order chi connectivity index (χ0) is 15.8. The standard InChI is InChI=1S/C18H24O4/c1-2-3-4-5-6-7-12-21-15-10-8-14(9-11-15)16-13-17(19)22-18(16)20/h8-11,13,18,20H,2-7,12H2,1H3. The Morgan fingerprint density at radius 1 is 1.09 bits per heavy atom. The predicted octanol–water partition coefficient (Wildman–Crippen LogP) is 3.68. The average molecular weight is 304 g/mol. The molecule has 1 aromatic rings. The van der Waals surface area contributed by atoms with Crippen molar-refractivity contribution in [3.8, 4) is 5.75 Å². The van der Waals surface area contributed by atoms with Crippen molar-refractivity contribution in [1.82, 2.24) is 0 Å². The highest BCUT2D eigenvalue weighted by molar-refractivity contribution is 5.96. The fraction of sp³-hybridized carbons (Fsp3) is 0.500. The highest BCUT2D eigenvalue weighted by Crippen LogP contribution is 2.26. The molecule has 1 atom stereocenters.